The molecule has 0 radical (unpaired) electrons. The van der Waals surface area contributed by atoms with Gasteiger partial charge in [-0.05, 0) is 37.6 Å². The van der Waals surface area contributed by atoms with Gasteiger partial charge in [0.05, 0.1) is 24.4 Å². The zero-order valence-electron chi connectivity index (χ0n) is 16.8. The molecule has 8 heteroatoms. The van der Waals surface area contributed by atoms with Crippen LogP contribution >= 0.6 is 0 Å². The summed E-state index contributed by atoms with van der Waals surface area (Å²) in [6.07, 6.45) is 1.71. The number of nitrogens with zero attached hydrogens (tertiary/aromatic N) is 2. The number of nitrogens with one attached hydrogen (secondary N) is 2. The van der Waals surface area contributed by atoms with Crippen LogP contribution in [-0.2, 0) is 24.2 Å². The lowest BCUT2D eigenvalue weighted by molar-refractivity contribution is -0.121. The average Bonchev–Trinajstić information content (AvgIpc) is 3.21. The monoisotopic (exact) mass is 406 g/mol. The second-order valence-electron chi connectivity index (χ2n) is 7.31. The van der Waals surface area contributed by atoms with Crippen molar-refractivity contribution in [3.05, 3.63) is 69.3 Å². The molecule has 2 aromatic carbocycles. The summed E-state index contributed by atoms with van der Waals surface area (Å²) in [4.78, 5) is 41.8. The predicted molar refractivity (Wildman–Crippen MR) is 111 cm³/mol. The van der Waals surface area contributed by atoms with E-state index in [1.807, 2.05) is 19.1 Å². The second-order valence-corrected chi connectivity index (χ2v) is 7.31. The SMILES string of the molecule is COc1ccc(C)cc1CC(=O)NNC(=O)c1ccc2c(=O)n3c(nc2c1)CCC3. The second kappa shape index (κ2) is 7.98. The van der Waals surface area contributed by atoms with E-state index in [9.17, 15) is 14.4 Å². The van der Waals surface area contributed by atoms with E-state index >= 15 is 0 Å². The summed E-state index contributed by atoms with van der Waals surface area (Å²) < 4.78 is 6.96. The lowest BCUT2D eigenvalue weighted by Gasteiger charge is -2.11. The molecule has 3 aromatic rings. The molecule has 0 fully saturated rings. The number of aromatic nitrogens is 2. The topological polar surface area (TPSA) is 102 Å². The van der Waals surface area contributed by atoms with E-state index in [2.05, 4.69) is 15.8 Å². The van der Waals surface area contributed by atoms with Crippen LogP contribution in [-0.4, -0.2) is 28.5 Å². The molecule has 2 amide bonds. The summed E-state index contributed by atoms with van der Waals surface area (Å²) in [6.45, 7) is 2.61. The summed E-state index contributed by atoms with van der Waals surface area (Å²) in [6, 6.07) is 10.3. The van der Waals surface area contributed by atoms with E-state index in [0.29, 0.717) is 28.8 Å². The molecule has 1 aliphatic rings. The van der Waals surface area contributed by atoms with Gasteiger partial charge in [-0.25, -0.2) is 4.98 Å². The fourth-order valence-corrected chi connectivity index (χ4v) is 3.69. The molecule has 0 unspecified atom stereocenters. The number of hydrogen-bond donors (Lipinski definition) is 2. The van der Waals surface area contributed by atoms with Crippen molar-refractivity contribution in [1.82, 2.24) is 20.4 Å². The Hall–Kier alpha value is -3.68. The van der Waals surface area contributed by atoms with Gasteiger partial charge in [0.15, 0.2) is 0 Å². The van der Waals surface area contributed by atoms with Crippen LogP contribution in [0.3, 0.4) is 0 Å². The Morgan fingerprint density at radius 3 is 2.80 bits per heavy atom. The number of methoxy groups -OCH3 is 1. The molecule has 0 bridgehead atoms. The van der Waals surface area contributed by atoms with Crippen molar-refractivity contribution in [3.63, 3.8) is 0 Å². The minimum absolute atomic E-state index is 0.0628. The minimum Gasteiger partial charge on any atom is -0.496 e. The first-order chi connectivity index (χ1) is 14.5. The molecule has 1 aromatic heterocycles. The van der Waals surface area contributed by atoms with Crippen LogP contribution in [0.4, 0.5) is 0 Å². The number of carbonyl (C=O) groups is 2. The van der Waals surface area contributed by atoms with E-state index in [4.69, 9.17) is 4.74 Å². The number of ether oxygens (including phenoxy) is 1. The third-order valence-electron chi connectivity index (χ3n) is 5.18. The van der Waals surface area contributed by atoms with Gasteiger partial charge in [-0.3, -0.25) is 29.8 Å². The van der Waals surface area contributed by atoms with Gasteiger partial charge in [0.1, 0.15) is 11.6 Å². The van der Waals surface area contributed by atoms with Gasteiger partial charge in [-0.2, -0.15) is 0 Å². The normalized spacial score (nSPS) is 12.5. The number of carbonyl (C=O) groups excluding carboxylic acids is 2. The van der Waals surface area contributed by atoms with E-state index in [1.54, 1.807) is 35.9 Å². The molecule has 154 valence electrons. The van der Waals surface area contributed by atoms with Crippen molar-refractivity contribution in [3.8, 4) is 5.75 Å². The molecule has 0 atom stereocenters. The Morgan fingerprint density at radius 1 is 1.17 bits per heavy atom. The Balaban J connectivity index is 1.46. The third kappa shape index (κ3) is 3.76. The largest absolute Gasteiger partial charge is 0.496 e. The lowest BCUT2D eigenvalue weighted by atomic mass is 10.1. The van der Waals surface area contributed by atoms with Crippen molar-refractivity contribution < 1.29 is 14.3 Å². The zero-order valence-corrected chi connectivity index (χ0v) is 16.8. The van der Waals surface area contributed by atoms with Gasteiger partial charge in [0, 0.05) is 24.1 Å². The minimum atomic E-state index is -0.483. The molecular formula is C22H22N4O4. The van der Waals surface area contributed by atoms with Gasteiger partial charge in [-0.1, -0.05) is 17.7 Å². The molecule has 0 aliphatic carbocycles. The van der Waals surface area contributed by atoms with Crippen molar-refractivity contribution in [1.29, 1.82) is 0 Å². The highest BCUT2D eigenvalue weighted by Crippen LogP contribution is 2.20. The van der Waals surface area contributed by atoms with Crippen LogP contribution in [0.1, 0.15) is 33.7 Å². The summed E-state index contributed by atoms with van der Waals surface area (Å²) in [5.74, 6) is 0.498. The molecule has 8 nitrogen and oxygen atoms in total. The Kier molecular flexibility index (Phi) is 5.22. The van der Waals surface area contributed by atoms with Gasteiger partial charge in [-0.15, -0.1) is 0 Å². The highest BCUT2D eigenvalue weighted by Gasteiger charge is 2.17. The number of hydrogen-bond acceptors (Lipinski definition) is 5. The maximum Gasteiger partial charge on any atom is 0.269 e. The van der Waals surface area contributed by atoms with Gasteiger partial charge in [0.25, 0.3) is 11.5 Å². The van der Waals surface area contributed by atoms with E-state index in [0.717, 1.165) is 29.8 Å². The molecule has 0 spiro atoms. The van der Waals surface area contributed by atoms with E-state index in [-0.39, 0.29) is 17.9 Å². The fraction of sp³-hybridized carbons (Fsp3) is 0.273. The average molecular weight is 406 g/mol. The molecule has 4 rings (SSSR count). The van der Waals surface area contributed by atoms with Crippen LogP contribution in [0.5, 0.6) is 5.75 Å². The number of benzene rings is 2. The molecule has 30 heavy (non-hydrogen) atoms. The summed E-state index contributed by atoms with van der Waals surface area (Å²) >= 11 is 0. The van der Waals surface area contributed by atoms with Crippen molar-refractivity contribution in [2.24, 2.45) is 0 Å². The van der Waals surface area contributed by atoms with Crippen LogP contribution in [0.2, 0.25) is 0 Å². The Labute approximate surface area is 172 Å². The first-order valence-corrected chi connectivity index (χ1v) is 9.72. The number of aryl methyl sites for hydroxylation is 2. The standard InChI is InChI=1S/C22H22N4O4/c1-13-5-8-18(30-2)15(10-13)12-20(27)24-25-21(28)14-6-7-16-17(11-14)23-19-4-3-9-26(19)22(16)29/h5-8,10-11H,3-4,9,12H2,1-2H3,(H,24,27)(H,25,28). The summed E-state index contributed by atoms with van der Waals surface area (Å²) in [5.41, 5.74) is 7.28. The number of fused-ring (bicyclic) bond motifs is 2. The smallest absolute Gasteiger partial charge is 0.269 e. The van der Waals surface area contributed by atoms with Crippen molar-refractivity contribution in [2.75, 3.05) is 7.11 Å². The summed E-state index contributed by atoms with van der Waals surface area (Å²) in [5, 5.41) is 0.479. The molecule has 0 saturated carbocycles. The number of hydrazine groups is 1. The maximum absolute atomic E-state index is 12.5. The van der Waals surface area contributed by atoms with E-state index in [1.165, 1.54) is 0 Å². The van der Waals surface area contributed by atoms with Gasteiger partial charge >= 0.3 is 0 Å². The van der Waals surface area contributed by atoms with Crippen molar-refractivity contribution >= 4 is 22.7 Å². The van der Waals surface area contributed by atoms with Gasteiger partial charge in [0.2, 0.25) is 5.91 Å². The third-order valence-corrected chi connectivity index (χ3v) is 5.18. The fourth-order valence-electron chi connectivity index (χ4n) is 3.69. The molecule has 2 heterocycles. The quantitative estimate of drug-likeness (QED) is 0.642. The Bertz CT molecular complexity index is 1220. The molecule has 0 saturated heterocycles. The van der Waals surface area contributed by atoms with Crippen LogP contribution in [0, 0.1) is 6.92 Å². The maximum atomic E-state index is 12.5. The van der Waals surface area contributed by atoms with Crippen LogP contribution in [0.15, 0.2) is 41.2 Å². The summed E-state index contributed by atoms with van der Waals surface area (Å²) in [7, 11) is 1.54. The first-order valence-electron chi connectivity index (χ1n) is 9.72. The highest BCUT2D eigenvalue weighted by atomic mass is 16.5. The Morgan fingerprint density at radius 2 is 2.00 bits per heavy atom. The van der Waals surface area contributed by atoms with Gasteiger partial charge < -0.3 is 4.74 Å². The lowest BCUT2D eigenvalue weighted by Crippen LogP contribution is -2.42. The number of rotatable bonds is 4. The first kappa shape index (κ1) is 19.6. The molecule has 2 N–H and O–H groups in total. The molecular weight excluding hydrogens is 384 g/mol. The zero-order chi connectivity index (χ0) is 21.3. The van der Waals surface area contributed by atoms with Crippen LogP contribution in [0.25, 0.3) is 10.9 Å². The molecule has 1 aliphatic heterocycles. The number of amides is 2. The van der Waals surface area contributed by atoms with Crippen LogP contribution < -0.4 is 21.1 Å². The predicted octanol–water partition coefficient (Wildman–Crippen LogP) is 1.66. The van der Waals surface area contributed by atoms with E-state index < -0.39 is 5.91 Å². The highest BCUT2D eigenvalue weighted by molar-refractivity contribution is 5.98. The van der Waals surface area contributed by atoms with Crippen molar-refractivity contribution in [2.45, 2.75) is 32.7 Å².